The number of allylic oxidation sites excluding steroid dienone is 2. The minimum atomic E-state index is -1.74. The van der Waals surface area contributed by atoms with Gasteiger partial charge < -0.3 is 114 Å². The maximum absolute atomic E-state index is 12.7. The van der Waals surface area contributed by atoms with Crippen LogP contribution in [-0.2, 0) is 37.9 Å². The third kappa shape index (κ3) is 11.6. The molecule has 446 valence electrons. The zero-order chi connectivity index (χ0) is 56.4. The van der Waals surface area contributed by atoms with Gasteiger partial charge in [-0.2, -0.15) is 0 Å². The fourth-order valence-corrected chi connectivity index (χ4v) is 15.9. The van der Waals surface area contributed by atoms with E-state index < -0.39 is 172 Å². The van der Waals surface area contributed by atoms with Crippen LogP contribution in [0.15, 0.2) is 11.6 Å². The summed E-state index contributed by atoms with van der Waals surface area (Å²) in [4.78, 5) is 0. The van der Waals surface area contributed by atoms with Crippen molar-refractivity contribution in [2.24, 2.45) is 45.8 Å². The van der Waals surface area contributed by atoms with Gasteiger partial charge in [0.2, 0.25) is 0 Å². The van der Waals surface area contributed by atoms with E-state index in [4.69, 9.17) is 37.9 Å². The number of ether oxygens (including phenoxy) is 8. The molecule has 8 rings (SSSR count). The molecule has 4 aliphatic carbocycles. The first-order valence-electron chi connectivity index (χ1n) is 28.0. The summed E-state index contributed by atoms with van der Waals surface area (Å²) in [6.07, 6.45) is -23.3. The largest absolute Gasteiger partial charge is 0.394 e. The summed E-state index contributed by atoms with van der Waals surface area (Å²) in [5.41, 5.74) is -0.980. The molecule has 4 aliphatic heterocycles. The highest BCUT2D eigenvalue weighted by molar-refractivity contribution is 5.17. The highest BCUT2D eigenvalue weighted by Crippen LogP contribution is 2.71. The summed E-state index contributed by atoms with van der Waals surface area (Å²) in [6.45, 7) is 12.6. The summed E-state index contributed by atoms with van der Waals surface area (Å²) >= 11 is 0. The molecule has 23 nitrogen and oxygen atoms in total. The van der Waals surface area contributed by atoms with Gasteiger partial charge in [0.25, 0.3) is 0 Å². The van der Waals surface area contributed by atoms with Crippen LogP contribution in [0, 0.1) is 45.8 Å². The maximum Gasteiger partial charge on any atom is 0.187 e. The van der Waals surface area contributed by atoms with E-state index in [0.29, 0.717) is 32.1 Å². The molecule has 8 aliphatic rings. The first kappa shape index (κ1) is 61.9. The Morgan fingerprint density at radius 1 is 0.545 bits per heavy atom. The van der Waals surface area contributed by atoms with E-state index in [1.165, 1.54) is 0 Å². The number of rotatable bonds is 17. The molecule has 0 aromatic carbocycles. The lowest BCUT2D eigenvalue weighted by Crippen LogP contribution is -2.65. The van der Waals surface area contributed by atoms with Gasteiger partial charge in [0, 0.05) is 0 Å². The van der Waals surface area contributed by atoms with Crippen LogP contribution in [0.25, 0.3) is 0 Å². The molecule has 4 saturated heterocycles. The van der Waals surface area contributed by atoms with E-state index >= 15 is 0 Å². The Bertz CT molecular complexity index is 1960. The van der Waals surface area contributed by atoms with E-state index in [-0.39, 0.29) is 40.4 Å². The number of hydrogen-bond donors (Lipinski definition) is 15. The second-order valence-corrected chi connectivity index (χ2v) is 25.5. The van der Waals surface area contributed by atoms with Gasteiger partial charge in [0.1, 0.15) is 97.7 Å². The lowest BCUT2D eigenvalue weighted by molar-refractivity contribution is -0.350. The van der Waals surface area contributed by atoms with Gasteiger partial charge in [0.15, 0.2) is 25.2 Å². The molecule has 0 aromatic heterocycles. The summed E-state index contributed by atoms with van der Waals surface area (Å²) in [6, 6.07) is 0. The molecule has 0 radical (unpaired) electrons. The summed E-state index contributed by atoms with van der Waals surface area (Å²) < 4.78 is 48.2. The number of aliphatic hydroxyl groups excluding tert-OH is 15. The lowest BCUT2D eigenvalue weighted by Gasteiger charge is -2.66. The van der Waals surface area contributed by atoms with Gasteiger partial charge in [-0.1, -0.05) is 39.3 Å². The normalized spacial score (nSPS) is 51.7. The quantitative estimate of drug-likeness (QED) is 0.0417. The van der Waals surface area contributed by atoms with Crippen molar-refractivity contribution < 1.29 is 114 Å². The minimum Gasteiger partial charge on any atom is -0.394 e. The third-order valence-electron chi connectivity index (χ3n) is 20.3. The van der Waals surface area contributed by atoms with Crippen molar-refractivity contribution in [3.63, 3.8) is 0 Å². The van der Waals surface area contributed by atoms with Crippen molar-refractivity contribution in [3.05, 3.63) is 11.6 Å². The molecule has 0 bridgehead atoms. The van der Waals surface area contributed by atoms with E-state index in [9.17, 15) is 76.6 Å². The van der Waals surface area contributed by atoms with Crippen molar-refractivity contribution in [1.29, 1.82) is 0 Å². The Hall–Kier alpha value is -1.18. The van der Waals surface area contributed by atoms with Crippen LogP contribution in [-0.4, -0.2) is 244 Å². The second-order valence-electron chi connectivity index (χ2n) is 25.5. The fourth-order valence-electron chi connectivity index (χ4n) is 15.9. The van der Waals surface area contributed by atoms with Gasteiger partial charge in [-0.25, -0.2) is 0 Å². The van der Waals surface area contributed by atoms with Crippen molar-refractivity contribution in [2.75, 3.05) is 26.4 Å². The second kappa shape index (κ2) is 24.2. The predicted octanol–water partition coefficient (Wildman–Crippen LogP) is -2.20. The van der Waals surface area contributed by atoms with E-state index in [1.54, 1.807) is 0 Å². The minimum absolute atomic E-state index is 0.0918. The van der Waals surface area contributed by atoms with Crippen LogP contribution in [0.2, 0.25) is 0 Å². The summed E-state index contributed by atoms with van der Waals surface area (Å²) in [5, 5.41) is 161. The molecule has 15 N–H and O–H groups in total. The van der Waals surface area contributed by atoms with Gasteiger partial charge in [-0.15, -0.1) is 0 Å². The van der Waals surface area contributed by atoms with Crippen LogP contribution < -0.4 is 0 Å². The van der Waals surface area contributed by atoms with E-state index in [2.05, 4.69) is 33.8 Å². The summed E-state index contributed by atoms with van der Waals surface area (Å²) in [7, 11) is 0. The Balaban J connectivity index is 0.959. The van der Waals surface area contributed by atoms with Crippen molar-refractivity contribution in [2.45, 2.75) is 253 Å². The zero-order valence-electron chi connectivity index (χ0n) is 45.5. The Morgan fingerprint density at radius 2 is 1.01 bits per heavy atom. The first-order valence-corrected chi connectivity index (χ1v) is 28.0. The highest BCUT2D eigenvalue weighted by Gasteiger charge is 2.68. The van der Waals surface area contributed by atoms with Gasteiger partial charge >= 0.3 is 0 Å². The average molecular weight is 1110 g/mol. The van der Waals surface area contributed by atoms with Crippen LogP contribution in [0.3, 0.4) is 0 Å². The van der Waals surface area contributed by atoms with Crippen molar-refractivity contribution >= 4 is 0 Å². The number of fused-ring (bicyclic) bond motifs is 5. The molecule has 0 unspecified atom stereocenters. The SMILES string of the molecule is CC(C)=CCCC[C@](C)(O[C@@H]1O[C@H](CO[C@@H]2O[C@H](CO)[C@@H](O)[C@H](O)[C@H]2O)[C@@H](O)[C@H](O)[C@H]1O)[C@H]1CC[C@]2(C)[C@@H]1[C@H](O)C[C@H]1[C@H]2CC[C@H]2C(C)(C)[C@@H](O[C@@H]3O[C@H](CO[C@@H]4O[C@H](CO)[C@@H](O)[C@H](O)[C@H]4O)[C@@H](O)[C@H](O)[C@H]3O)CC[C@]12C. The monoisotopic (exact) mass is 1110 g/mol. The number of unbranched alkanes of at least 4 members (excludes halogenated alkanes) is 1. The van der Waals surface area contributed by atoms with Crippen molar-refractivity contribution in [3.8, 4) is 0 Å². The van der Waals surface area contributed by atoms with E-state index in [0.717, 1.165) is 37.7 Å². The van der Waals surface area contributed by atoms with Crippen LogP contribution in [0.1, 0.15) is 113 Å². The van der Waals surface area contributed by atoms with Gasteiger partial charge in [-0.3, -0.25) is 0 Å². The predicted molar refractivity (Wildman–Crippen MR) is 266 cm³/mol. The van der Waals surface area contributed by atoms with Crippen molar-refractivity contribution in [1.82, 2.24) is 0 Å². The maximum atomic E-state index is 12.7. The molecular weight excluding hydrogens is 1020 g/mol. The van der Waals surface area contributed by atoms with Crippen LogP contribution in [0.5, 0.6) is 0 Å². The topological polar surface area (TPSA) is 377 Å². The Morgan fingerprint density at radius 3 is 1.53 bits per heavy atom. The molecule has 8 fully saturated rings. The average Bonchev–Trinajstić information content (AvgIpc) is 3.89. The molecule has 4 saturated carbocycles. The van der Waals surface area contributed by atoms with Gasteiger partial charge in [0.05, 0.1) is 44.2 Å². The Kier molecular flexibility index (Phi) is 19.4. The first-order chi connectivity index (χ1) is 36.1. The third-order valence-corrected chi connectivity index (χ3v) is 20.3. The standard InChI is InChI=1S/C54H92O23/c1-23(2)10-8-9-15-54(7,77-50-46(69)42(65)38(61)31(75-50)22-71-48-44(67)40(63)36(59)29(20-56)73-48)25-13-16-53(6)24-11-12-32-51(3,4)33(14-17-52(32,5)26(24)18-27(57)34(25)53)76-49-45(68)41(64)37(60)30(74-49)21-70-47-43(66)39(62)35(58)28(19-55)72-47/h10,24-50,55-69H,8-9,11-22H2,1-7H3/t24-,25+,26+,27-,28-,29-,30-,31-,32+,33+,34+,35-,36-,37-,38-,39+,40+,41+,42+,43-,44-,45-,46-,47-,48-,49+,50+,52-,53+,54+/m1/s1. The fraction of sp³-hybridized carbons (Fsp3) is 0.963. The zero-order valence-corrected chi connectivity index (χ0v) is 45.5. The molecule has 0 amide bonds. The lowest BCUT2D eigenvalue weighted by atomic mass is 9.39. The molecule has 0 spiro atoms. The highest BCUT2D eigenvalue weighted by atomic mass is 16.7. The smallest absolute Gasteiger partial charge is 0.187 e. The van der Waals surface area contributed by atoms with E-state index in [1.807, 2.05) is 20.8 Å². The molecule has 23 heteroatoms. The number of aliphatic hydroxyl groups is 15. The molecule has 30 atom stereocenters. The Labute approximate surface area is 450 Å². The molecular formula is C54H92O23. The molecule has 4 heterocycles. The summed E-state index contributed by atoms with van der Waals surface area (Å²) in [5.74, 6) is -0.0344. The van der Waals surface area contributed by atoms with Gasteiger partial charge in [-0.05, 0) is 131 Å². The molecule has 0 aromatic rings. The van der Waals surface area contributed by atoms with Crippen LogP contribution in [0.4, 0.5) is 0 Å². The molecule has 77 heavy (non-hydrogen) atoms. The number of hydrogen-bond acceptors (Lipinski definition) is 23. The van der Waals surface area contributed by atoms with Crippen LogP contribution >= 0.6 is 0 Å².